The summed E-state index contributed by atoms with van der Waals surface area (Å²) in [4.78, 5) is 11.4. The normalized spacial score (nSPS) is 21.7. The van der Waals surface area contributed by atoms with Crippen LogP contribution in [0.5, 0.6) is 5.75 Å². The third kappa shape index (κ3) is 3.43. The number of phenols is 1. The molecule has 1 amide bonds. The molecule has 3 rings (SSSR count). The highest BCUT2D eigenvalue weighted by molar-refractivity contribution is 7.92. The van der Waals surface area contributed by atoms with Crippen molar-refractivity contribution in [1.82, 2.24) is 10.0 Å². The summed E-state index contributed by atoms with van der Waals surface area (Å²) in [7, 11) is -4.17. The molecule has 1 aliphatic carbocycles. The molecule has 3 N–H and O–H groups in total. The molecule has 1 atom stereocenters. The van der Waals surface area contributed by atoms with Crippen molar-refractivity contribution in [3.63, 3.8) is 0 Å². The van der Waals surface area contributed by atoms with Crippen molar-refractivity contribution in [1.29, 1.82) is 0 Å². The Morgan fingerprint density at radius 2 is 2.16 bits per heavy atom. The minimum atomic E-state index is -4.17. The summed E-state index contributed by atoms with van der Waals surface area (Å²) in [5.74, 6) is -1.28. The Bertz CT molecular complexity index is 810. The van der Waals surface area contributed by atoms with Crippen molar-refractivity contribution in [2.45, 2.75) is 26.7 Å². The number of phenolic OH excluding ortho intramolecular Hbond substituents is 1. The molecule has 0 saturated carbocycles. The summed E-state index contributed by atoms with van der Waals surface area (Å²) in [5, 5.41) is 13.5. The van der Waals surface area contributed by atoms with Gasteiger partial charge in [-0.05, 0) is 55.0 Å². The molecule has 1 fully saturated rings. The van der Waals surface area contributed by atoms with Gasteiger partial charge in [-0.15, -0.1) is 0 Å². The first-order valence-electron chi connectivity index (χ1n) is 8.26. The zero-order valence-corrected chi connectivity index (χ0v) is 15.0. The number of hydrogen-bond donors (Lipinski definition) is 3. The SMILES string of the molecule is CC(C)CNCC1Cc2cc(O)c(N3CC(=O)NS3(=O)=O)c(F)c2C1. The van der Waals surface area contributed by atoms with Gasteiger partial charge >= 0.3 is 10.2 Å². The molecular weight excluding hydrogens is 349 g/mol. The molecule has 138 valence electrons. The summed E-state index contributed by atoms with van der Waals surface area (Å²) in [6.45, 7) is 5.26. The Labute approximate surface area is 146 Å². The number of aromatic hydroxyl groups is 1. The van der Waals surface area contributed by atoms with Crippen molar-refractivity contribution < 1.29 is 22.7 Å². The number of hydrogen-bond acceptors (Lipinski definition) is 5. The molecule has 1 unspecified atom stereocenters. The van der Waals surface area contributed by atoms with E-state index in [2.05, 4.69) is 19.2 Å². The number of benzene rings is 1. The van der Waals surface area contributed by atoms with Crippen LogP contribution in [0.3, 0.4) is 0 Å². The summed E-state index contributed by atoms with van der Waals surface area (Å²) in [5.41, 5.74) is 0.651. The average Bonchev–Trinajstić information content (AvgIpc) is 2.99. The minimum Gasteiger partial charge on any atom is -0.506 e. The standard InChI is InChI=1S/C16H22FN3O4S/c1-9(2)6-18-7-10-3-11-5-13(21)16(15(17)12(11)4-10)20-8-14(22)19-25(20,23)24/h5,9-10,18,21H,3-4,6-8H2,1-2H3,(H,19,22). The molecule has 0 spiro atoms. The van der Waals surface area contributed by atoms with E-state index in [0.717, 1.165) is 13.1 Å². The van der Waals surface area contributed by atoms with Crippen LogP contribution in [0.4, 0.5) is 10.1 Å². The number of nitrogens with zero attached hydrogens (tertiary/aromatic N) is 1. The Kier molecular flexibility index (Phi) is 4.63. The number of carbonyl (C=O) groups excluding carboxylic acids is 1. The van der Waals surface area contributed by atoms with Gasteiger partial charge in [0, 0.05) is 0 Å². The van der Waals surface area contributed by atoms with E-state index < -0.39 is 39.9 Å². The fourth-order valence-corrected chi connectivity index (χ4v) is 4.56. The van der Waals surface area contributed by atoms with Crippen LogP contribution in [0, 0.1) is 17.7 Å². The monoisotopic (exact) mass is 371 g/mol. The second-order valence-electron chi connectivity index (χ2n) is 7.06. The quantitative estimate of drug-likeness (QED) is 0.707. The van der Waals surface area contributed by atoms with E-state index in [1.807, 2.05) is 0 Å². The Hall–Kier alpha value is -1.87. The maximum atomic E-state index is 15.0. The molecule has 2 aliphatic rings. The van der Waals surface area contributed by atoms with Gasteiger partial charge in [0.15, 0.2) is 5.82 Å². The third-order valence-corrected chi connectivity index (χ3v) is 5.85. The highest BCUT2D eigenvalue weighted by Crippen LogP contribution is 2.41. The van der Waals surface area contributed by atoms with Gasteiger partial charge < -0.3 is 10.4 Å². The van der Waals surface area contributed by atoms with Gasteiger partial charge in [0.1, 0.15) is 18.0 Å². The summed E-state index contributed by atoms with van der Waals surface area (Å²) < 4.78 is 41.2. The molecule has 0 bridgehead atoms. The zero-order valence-electron chi connectivity index (χ0n) is 14.2. The largest absolute Gasteiger partial charge is 0.506 e. The molecular formula is C16H22FN3O4S. The smallest absolute Gasteiger partial charge is 0.326 e. The molecule has 1 heterocycles. The predicted octanol–water partition coefficient (Wildman–Crippen LogP) is 0.673. The summed E-state index contributed by atoms with van der Waals surface area (Å²) in [6, 6.07) is 1.41. The highest BCUT2D eigenvalue weighted by Gasteiger charge is 2.39. The first-order valence-corrected chi connectivity index (χ1v) is 9.70. The van der Waals surface area contributed by atoms with E-state index in [1.165, 1.54) is 6.07 Å². The van der Waals surface area contributed by atoms with Gasteiger partial charge in [-0.2, -0.15) is 8.42 Å². The Balaban J connectivity index is 1.86. The molecule has 0 radical (unpaired) electrons. The molecule has 25 heavy (non-hydrogen) atoms. The molecule has 1 aliphatic heterocycles. The van der Waals surface area contributed by atoms with Gasteiger partial charge in [0.25, 0.3) is 5.91 Å². The van der Waals surface area contributed by atoms with E-state index >= 15 is 0 Å². The maximum Gasteiger partial charge on any atom is 0.326 e. The lowest BCUT2D eigenvalue weighted by atomic mass is 10.1. The molecule has 1 aromatic rings. The summed E-state index contributed by atoms with van der Waals surface area (Å²) >= 11 is 0. The molecule has 1 saturated heterocycles. The lowest BCUT2D eigenvalue weighted by molar-refractivity contribution is -0.117. The van der Waals surface area contributed by atoms with Crippen LogP contribution in [0.1, 0.15) is 25.0 Å². The topological polar surface area (TPSA) is 98.7 Å². The molecule has 7 nitrogen and oxygen atoms in total. The number of halogens is 1. The third-order valence-electron chi connectivity index (χ3n) is 4.47. The van der Waals surface area contributed by atoms with Crippen molar-refractivity contribution in [2.24, 2.45) is 11.8 Å². The van der Waals surface area contributed by atoms with E-state index in [1.54, 1.807) is 4.72 Å². The van der Waals surface area contributed by atoms with Crippen molar-refractivity contribution in [3.05, 3.63) is 23.0 Å². The number of carbonyl (C=O) groups is 1. The average molecular weight is 371 g/mol. The molecule has 0 aromatic heterocycles. The van der Waals surface area contributed by atoms with Crippen LogP contribution in [0.25, 0.3) is 0 Å². The minimum absolute atomic E-state index is 0.188. The Morgan fingerprint density at radius 1 is 1.44 bits per heavy atom. The fraction of sp³-hybridized carbons (Fsp3) is 0.562. The van der Waals surface area contributed by atoms with E-state index in [0.29, 0.717) is 34.2 Å². The van der Waals surface area contributed by atoms with Gasteiger partial charge in [-0.3, -0.25) is 4.79 Å². The lowest BCUT2D eigenvalue weighted by Crippen LogP contribution is -2.30. The van der Waals surface area contributed by atoms with Gasteiger partial charge in [0.05, 0.1) is 0 Å². The number of anilines is 1. The second-order valence-corrected chi connectivity index (χ2v) is 8.65. The van der Waals surface area contributed by atoms with Crippen LogP contribution in [-0.4, -0.2) is 39.1 Å². The van der Waals surface area contributed by atoms with Crippen LogP contribution in [0.15, 0.2) is 6.07 Å². The van der Waals surface area contributed by atoms with Crippen LogP contribution in [0.2, 0.25) is 0 Å². The fourth-order valence-electron chi connectivity index (χ4n) is 3.40. The van der Waals surface area contributed by atoms with E-state index in [4.69, 9.17) is 0 Å². The molecule has 9 heteroatoms. The van der Waals surface area contributed by atoms with E-state index in [9.17, 15) is 22.7 Å². The van der Waals surface area contributed by atoms with Crippen LogP contribution >= 0.6 is 0 Å². The van der Waals surface area contributed by atoms with Crippen molar-refractivity contribution >= 4 is 21.8 Å². The molecule has 1 aromatic carbocycles. The van der Waals surface area contributed by atoms with Crippen LogP contribution in [-0.2, 0) is 27.8 Å². The zero-order chi connectivity index (χ0) is 18.4. The first kappa shape index (κ1) is 17.9. The van der Waals surface area contributed by atoms with Gasteiger partial charge in [-0.25, -0.2) is 13.4 Å². The lowest BCUT2D eigenvalue weighted by Gasteiger charge is -2.18. The number of nitrogens with one attached hydrogen (secondary N) is 2. The van der Waals surface area contributed by atoms with Crippen LogP contribution < -0.4 is 14.3 Å². The Morgan fingerprint density at radius 3 is 2.76 bits per heavy atom. The number of rotatable bonds is 5. The maximum absolute atomic E-state index is 15.0. The number of amides is 1. The first-order chi connectivity index (χ1) is 11.7. The highest BCUT2D eigenvalue weighted by atomic mass is 32.2. The van der Waals surface area contributed by atoms with Crippen molar-refractivity contribution in [3.8, 4) is 5.75 Å². The summed E-state index contributed by atoms with van der Waals surface area (Å²) in [6.07, 6.45) is 1.09. The van der Waals surface area contributed by atoms with Gasteiger partial charge in [-0.1, -0.05) is 13.8 Å². The second kappa shape index (κ2) is 6.45. The number of fused-ring (bicyclic) bond motifs is 1. The van der Waals surface area contributed by atoms with Crippen molar-refractivity contribution in [2.75, 3.05) is 23.9 Å². The van der Waals surface area contributed by atoms with E-state index in [-0.39, 0.29) is 5.92 Å². The predicted molar refractivity (Wildman–Crippen MR) is 91.1 cm³/mol. The van der Waals surface area contributed by atoms with Gasteiger partial charge in [0.2, 0.25) is 0 Å².